The minimum Gasteiger partial charge on any atom is -0.740 e. The summed E-state index contributed by atoms with van der Waals surface area (Å²) in [5.74, 6) is -0.201. The van der Waals surface area contributed by atoms with Crippen molar-refractivity contribution in [2.75, 3.05) is 12.3 Å². The molecule has 3 heterocycles. The van der Waals surface area contributed by atoms with Crippen molar-refractivity contribution in [3.63, 3.8) is 0 Å². The molecule has 1 aliphatic heterocycles. The van der Waals surface area contributed by atoms with Crippen LogP contribution in [-0.4, -0.2) is 59.5 Å². The van der Waals surface area contributed by atoms with Gasteiger partial charge in [-0.25, -0.2) is 14.3 Å². The molecule has 6 N–H and O–H groups in total. The van der Waals surface area contributed by atoms with Gasteiger partial charge in [-0.15, -0.1) is 0 Å². The molecular formula is C10H14N5O8P. The molecule has 14 heteroatoms. The molecule has 24 heavy (non-hydrogen) atoms. The first kappa shape index (κ1) is 17.0. The molecule has 1 aliphatic rings. The van der Waals surface area contributed by atoms with Gasteiger partial charge >= 0.3 is 7.82 Å². The van der Waals surface area contributed by atoms with Crippen LogP contribution in [0.25, 0.3) is 11.2 Å². The zero-order valence-corrected chi connectivity index (χ0v) is 12.8. The number of anilines is 1. The van der Waals surface area contributed by atoms with Gasteiger partial charge < -0.3 is 35.7 Å². The topological polar surface area (TPSA) is 200 Å². The first-order chi connectivity index (χ1) is 11.2. The van der Waals surface area contributed by atoms with Crippen molar-refractivity contribution in [3.05, 3.63) is 17.9 Å². The van der Waals surface area contributed by atoms with Crippen molar-refractivity contribution >= 4 is 24.8 Å². The third kappa shape index (κ3) is 2.93. The Kier molecular flexibility index (Phi) is 4.17. The number of phosphoric acid groups is 1. The predicted molar refractivity (Wildman–Crippen MR) is 74.8 cm³/mol. The highest BCUT2D eigenvalue weighted by atomic mass is 31.2. The zero-order valence-electron chi connectivity index (χ0n) is 11.9. The van der Waals surface area contributed by atoms with Gasteiger partial charge in [0.25, 0.3) is 5.82 Å². The second-order valence-corrected chi connectivity index (χ2v) is 6.35. The van der Waals surface area contributed by atoms with Gasteiger partial charge in [-0.05, 0) is 0 Å². The minimum atomic E-state index is -4.75. The number of hydrogen-bond acceptors (Lipinski definition) is 9. The summed E-state index contributed by atoms with van der Waals surface area (Å²) < 4.78 is 22.0. The predicted octanol–water partition coefficient (Wildman–Crippen LogP) is -2.62. The van der Waals surface area contributed by atoms with Crippen LogP contribution < -0.4 is 10.5 Å². The van der Waals surface area contributed by atoms with E-state index in [1.807, 2.05) is 0 Å². The van der Waals surface area contributed by atoms with Crippen LogP contribution in [0.1, 0.15) is 6.23 Å². The number of nitrogens with zero attached hydrogens (tertiary/aromatic N) is 4. The maximum absolute atomic E-state index is 11.4. The zero-order chi connectivity index (χ0) is 17.6. The summed E-state index contributed by atoms with van der Waals surface area (Å²) in [5, 5.41) is 31.4. The van der Waals surface area contributed by atoms with Gasteiger partial charge in [0.1, 0.15) is 24.6 Å². The molecule has 2 aromatic rings. The number of imidazole rings is 1. The number of rotatable bonds is 4. The average Bonchev–Trinajstić information content (AvgIpc) is 3.04. The number of aliphatic hydroxyl groups excluding tert-OH is 2. The van der Waals surface area contributed by atoms with Crippen molar-refractivity contribution in [1.29, 1.82) is 0 Å². The van der Waals surface area contributed by atoms with Crippen LogP contribution in [0.3, 0.4) is 0 Å². The lowest BCUT2D eigenvalue weighted by Gasteiger charge is -2.15. The van der Waals surface area contributed by atoms with E-state index in [4.69, 9.17) is 20.3 Å². The fraction of sp³-hybridized carbons (Fsp3) is 0.500. The van der Waals surface area contributed by atoms with Crippen LogP contribution in [-0.2, 0) is 13.8 Å². The molecule has 0 aromatic carbocycles. The largest absolute Gasteiger partial charge is 0.740 e. The summed E-state index contributed by atoms with van der Waals surface area (Å²) in [6.07, 6.45) is -3.16. The third-order valence-corrected chi connectivity index (χ3v) is 4.04. The van der Waals surface area contributed by atoms with E-state index >= 15 is 0 Å². The molecule has 3 rings (SSSR count). The molecule has 0 aliphatic carbocycles. The van der Waals surface area contributed by atoms with E-state index in [0.29, 0.717) is 4.73 Å². The molecule has 1 saturated heterocycles. The maximum atomic E-state index is 11.4. The highest BCUT2D eigenvalue weighted by Crippen LogP contribution is 2.38. The first-order valence-corrected chi connectivity index (χ1v) is 8.14. The van der Waals surface area contributed by atoms with Gasteiger partial charge in [0.05, 0.1) is 6.61 Å². The SMILES string of the molecule is Nc1c2ncn(C3OC(COP(=O)(O)O)C(O)C3O)c2nc[n+]1[O-]. The van der Waals surface area contributed by atoms with E-state index in [1.54, 1.807) is 0 Å². The lowest BCUT2D eigenvalue weighted by Crippen LogP contribution is -2.33. The smallest absolute Gasteiger partial charge is 0.469 e. The summed E-state index contributed by atoms with van der Waals surface area (Å²) in [5.41, 5.74) is 5.80. The van der Waals surface area contributed by atoms with Crippen LogP contribution in [0.2, 0.25) is 0 Å². The van der Waals surface area contributed by atoms with E-state index in [9.17, 15) is 20.0 Å². The number of nitrogens with two attached hydrogens (primary N) is 1. The highest BCUT2D eigenvalue weighted by molar-refractivity contribution is 7.46. The molecule has 1 fully saturated rings. The molecule has 2 aromatic heterocycles. The van der Waals surface area contributed by atoms with Gasteiger partial charge in [-0.1, -0.05) is 4.98 Å². The van der Waals surface area contributed by atoms with Crippen LogP contribution in [0.4, 0.5) is 5.82 Å². The average molecular weight is 363 g/mol. The monoisotopic (exact) mass is 363 g/mol. The molecular weight excluding hydrogens is 349 g/mol. The lowest BCUT2D eigenvalue weighted by molar-refractivity contribution is -0.592. The molecule has 4 unspecified atom stereocenters. The number of nitrogen functional groups attached to an aromatic ring is 1. The van der Waals surface area contributed by atoms with E-state index in [0.717, 1.165) is 6.33 Å². The second kappa shape index (κ2) is 5.89. The maximum Gasteiger partial charge on any atom is 0.469 e. The molecule has 0 spiro atoms. The molecule has 4 atom stereocenters. The molecule has 13 nitrogen and oxygen atoms in total. The Hall–Kier alpha value is -1.86. The number of phosphoric ester groups is 1. The summed E-state index contributed by atoms with van der Waals surface area (Å²) in [6, 6.07) is 0. The Labute approximate surface area is 133 Å². The normalized spacial score (nSPS) is 27.8. The third-order valence-electron chi connectivity index (χ3n) is 3.55. The van der Waals surface area contributed by atoms with E-state index < -0.39 is 39.0 Å². The van der Waals surface area contributed by atoms with Gasteiger partial charge in [0.15, 0.2) is 11.7 Å². The summed E-state index contributed by atoms with van der Waals surface area (Å²) in [4.78, 5) is 25.2. The van der Waals surface area contributed by atoms with Crippen molar-refractivity contribution < 1.29 is 38.6 Å². The van der Waals surface area contributed by atoms with Gasteiger partial charge in [-0.2, -0.15) is 0 Å². The second-order valence-electron chi connectivity index (χ2n) is 5.11. The Morgan fingerprint density at radius 1 is 1.42 bits per heavy atom. The Morgan fingerprint density at radius 2 is 2.12 bits per heavy atom. The summed E-state index contributed by atoms with van der Waals surface area (Å²) >= 11 is 0. The quantitative estimate of drug-likeness (QED) is 0.216. The Morgan fingerprint density at radius 3 is 2.79 bits per heavy atom. The van der Waals surface area contributed by atoms with E-state index in [1.165, 1.54) is 10.9 Å². The summed E-state index contributed by atoms with van der Waals surface area (Å²) in [6.45, 7) is -0.637. The molecule has 0 radical (unpaired) electrons. The molecule has 132 valence electrons. The molecule has 0 amide bonds. The standard InChI is InChI=1S/C10H14N5O8P/c11-8-5-9(13-3-15(8)18)14(2-12-5)10-7(17)6(16)4(23-10)1-22-24(19,20)21/h2-4,6-7,10,16-17H,1,11H2,(H2,19,20,21). The van der Waals surface area contributed by atoms with Gasteiger partial charge in [0.2, 0.25) is 12.0 Å². The molecule has 0 saturated carbocycles. The van der Waals surface area contributed by atoms with Crippen molar-refractivity contribution in [2.45, 2.75) is 24.5 Å². The fourth-order valence-electron chi connectivity index (χ4n) is 2.39. The van der Waals surface area contributed by atoms with Crippen molar-refractivity contribution in [3.8, 4) is 0 Å². The summed E-state index contributed by atoms with van der Waals surface area (Å²) in [7, 11) is -4.75. The lowest BCUT2D eigenvalue weighted by atomic mass is 10.1. The van der Waals surface area contributed by atoms with Crippen molar-refractivity contribution in [2.24, 2.45) is 0 Å². The number of hydrogen-bond donors (Lipinski definition) is 5. The minimum absolute atomic E-state index is 0.0766. The van der Waals surface area contributed by atoms with Gasteiger partial charge in [-0.3, -0.25) is 9.09 Å². The van der Waals surface area contributed by atoms with E-state index in [-0.39, 0.29) is 17.0 Å². The van der Waals surface area contributed by atoms with Crippen LogP contribution in [0.5, 0.6) is 0 Å². The van der Waals surface area contributed by atoms with Crippen LogP contribution in [0, 0.1) is 5.21 Å². The Balaban J connectivity index is 1.88. The first-order valence-electron chi connectivity index (χ1n) is 6.61. The molecule has 0 bridgehead atoms. The van der Waals surface area contributed by atoms with Gasteiger partial charge in [0, 0.05) is 0 Å². The van der Waals surface area contributed by atoms with Crippen LogP contribution in [0.15, 0.2) is 12.7 Å². The van der Waals surface area contributed by atoms with Crippen LogP contribution >= 0.6 is 7.82 Å². The Bertz CT molecular complexity index is 808. The van der Waals surface area contributed by atoms with Crippen molar-refractivity contribution in [1.82, 2.24) is 14.5 Å². The fourth-order valence-corrected chi connectivity index (χ4v) is 2.73. The number of ether oxygens (including phenoxy) is 1. The highest BCUT2D eigenvalue weighted by Gasteiger charge is 2.45. The number of fused-ring (bicyclic) bond motifs is 1. The number of aromatic nitrogens is 4. The van der Waals surface area contributed by atoms with E-state index in [2.05, 4.69) is 14.5 Å². The number of aliphatic hydroxyl groups is 2.